The van der Waals surface area contributed by atoms with E-state index in [1.165, 1.54) is 0 Å². The SMILES string of the molecule is Cc1cc(Cn2nnc(C(=O)N[C@@H]3COc4ccccc43)c2C)on1. The zero-order valence-corrected chi connectivity index (χ0v) is 13.9. The topological polar surface area (TPSA) is 95.1 Å². The van der Waals surface area contributed by atoms with E-state index >= 15 is 0 Å². The van der Waals surface area contributed by atoms with Gasteiger partial charge in [-0.2, -0.15) is 0 Å². The average Bonchev–Trinajstić information content (AvgIpc) is 3.29. The third-order valence-electron chi connectivity index (χ3n) is 4.19. The highest BCUT2D eigenvalue weighted by atomic mass is 16.5. The van der Waals surface area contributed by atoms with Crippen LogP contribution in [0.3, 0.4) is 0 Å². The largest absolute Gasteiger partial charge is 0.491 e. The van der Waals surface area contributed by atoms with E-state index < -0.39 is 0 Å². The molecule has 1 aromatic carbocycles. The van der Waals surface area contributed by atoms with E-state index in [0.717, 1.165) is 17.0 Å². The zero-order chi connectivity index (χ0) is 17.4. The molecule has 0 radical (unpaired) electrons. The number of amides is 1. The first kappa shape index (κ1) is 15.4. The first-order valence-corrected chi connectivity index (χ1v) is 7.96. The molecule has 0 saturated heterocycles. The van der Waals surface area contributed by atoms with E-state index in [0.29, 0.717) is 30.3 Å². The van der Waals surface area contributed by atoms with Gasteiger partial charge in [0.25, 0.3) is 5.91 Å². The Bertz CT molecular complexity index is 930. The van der Waals surface area contributed by atoms with Crippen molar-refractivity contribution < 1.29 is 14.1 Å². The summed E-state index contributed by atoms with van der Waals surface area (Å²) in [5.41, 5.74) is 2.73. The van der Waals surface area contributed by atoms with E-state index in [2.05, 4.69) is 20.8 Å². The monoisotopic (exact) mass is 339 g/mol. The van der Waals surface area contributed by atoms with E-state index in [-0.39, 0.29) is 11.9 Å². The molecule has 0 unspecified atom stereocenters. The molecule has 0 fully saturated rings. The third-order valence-corrected chi connectivity index (χ3v) is 4.19. The van der Waals surface area contributed by atoms with Crippen LogP contribution in [0.4, 0.5) is 0 Å². The lowest BCUT2D eigenvalue weighted by Crippen LogP contribution is -2.30. The number of hydrogen-bond acceptors (Lipinski definition) is 6. The summed E-state index contributed by atoms with van der Waals surface area (Å²) in [4.78, 5) is 12.6. The Balaban J connectivity index is 1.50. The number of aryl methyl sites for hydroxylation is 1. The number of benzene rings is 1. The van der Waals surface area contributed by atoms with Gasteiger partial charge in [-0.1, -0.05) is 28.6 Å². The number of hydrogen-bond donors (Lipinski definition) is 1. The number of fused-ring (bicyclic) bond motifs is 1. The van der Waals surface area contributed by atoms with Crippen molar-refractivity contribution in [3.63, 3.8) is 0 Å². The number of para-hydroxylation sites is 1. The normalized spacial score (nSPS) is 15.7. The lowest BCUT2D eigenvalue weighted by atomic mass is 10.1. The van der Waals surface area contributed by atoms with Crippen LogP contribution in [-0.4, -0.2) is 32.7 Å². The van der Waals surface area contributed by atoms with Gasteiger partial charge >= 0.3 is 0 Å². The molecule has 1 N–H and O–H groups in total. The van der Waals surface area contributed by atoms with Gasteiger partial charge in [-0.05, 0) is 19.9 Å². The molecule has 0 spiro atoms. The van der Waals surface area contributed by atoms with Gasteiger partial charge in [0.15, 0.2) is 11.5 Å². The molecule has 3 aromatic rings. The fourth-order valence-electron chi connectivity index (χ4n) is 2.87. The molecular weight excluding hydrogens is 322 g/mol. The van der Waals surface area contributed by atoms with Gasteiger partial charge in [0.1, 0.15) is 18.9 Å². The minimum Gasteiger partial charge on any atom is -0.491 e. The highest BCUT2D eigenvalue weighted by molar-refractivity contribution is 5.93. The number of nitrogens with one attached hydrogen (secondary N) is 1. The Morgan fingerprint density at radius 3 is 3.00 bits per heavy atom. The number of aromatic nitrogens is 4. The second-order valence-corrected chi connectivity index (χ2v) is 5.99. The van der Waals surface area contributed by atoms with Crippen LogP contribution in [0.1, 0.15) is 39.2 Å². The second-order valence-electron chi connectivity index (χ2n) is 5.99. The molecule has 8 heteroatoms. The van der Waals surface area contributed by atoms with Gasteiger partial charge in [0.2, 0.25) is 0 Å². The molecule has 0 bridgehead atoms. The maximum atomic E-state index is 12.6. The summed E-state index contributed by atoms with van der Waals surface area (Å²) in [5.74, 6) is 1.19. The molecule has 25 heavy (non-hydrogen) atoms. The fraction of sp³-hybridized carbons (Fsp3) is 0.294. The van der Waals surface area contributed by atoms with Gasteiger partial charge < -0.3 is 14.6 Å². The molecule has 3 heterocycles. The van der Waals surface area contributed by atoms with Crippen molar-refractivity contribution in [1.82, 2.24) is 25.5 Å². The maximum Gasteiger partial charge on any atom is 0.274 e. The average molecular weight is 339 g/mol. The van der Waals surface area contributed by atoms with Gasteiger partial charge in [-0.3, -0.25) is 4.79 Å². The summed E-state index contributed by atoms with van der Waals surface area (Å²) < 4.78 is 12.4. The highest BCUT2D eigenvalue weighted by Gasteiger charge is 2.27. The van der Waals surface area contributed by atoms with E-state index in [9.17, 15) is 4.79 Å². The van der Waals surface area contributed by atoms with Crippen LogP contribution < -0.4 is 10.1 Å². The maximum absolute atomic E-state index is 12.6. The van der Waals surface area contributed by atoms with Crippen molar-refractivity contribution in [2.24, 2.45) is 0 Å². The van der Waals surface area contributed by atoms with Gasteiger partial charge in [-0.25, -0.2) is 4.68 Å². The second kappa shape index (κ2) is 6.04. The van der Waals surface area contributed by atoms with Gasteiger partial charge in [-0.15, -0.1) is 5.10 Å². The summed E-state index contributed by atoms with van der Waals surface area (Å²) in [7, 11) is 0. The standard InChI is InChI=1S/C17H17N5O3/c1-10-7-12(25-20-10)8-22-11(2)16(19-21-22)17(23)18-14-9-24-15-6-4-3-5-13(14)15/h3-7,14H,8-9H2,1-2H3,(H,18,23)/t14-/m1/s1. The summed E-state index contributed by atoms with van der Waals surface area (Å²) >= 11 is 0. The number of carbonyl (C=O) groups is 1. The summed E-state index contributed by atoms with van der Waals surface area (Å²) in [6.45, 7) is 4.44. The molecular formula is C17H17N5O3. The van der Waals surface area contributed by atoms with Crippen molar-refractivity contribution >= 4 is 5.91 Å². The Morgan fingerprint density at radius 2 is 2.20 bits per heavy atom. The molecule has 0 saturated carbocycles. The first-order valence-electron chi connectivity index (χ1n) is 7.96. The van der Waals surface area contributed by atoms with Crippen molar-refractivity contribution in [3.05, 3.63) is 58.7 Å². The lowest BCUT2D eigenvalue weighted by Gasteiger charge is -2.10. The van der Waals surface area contributed by atoms with Crippen LogP contribution in [0.15, 0.2) is 34.9 Å². The highest BCUT2D eigenvalue weighted by Crippen LogP contribution is 2.31. The Labute approximate surface area is 143 Å². The molecule has 1 amide bonds. The third kappa shape index (κ3) is 2.86. The van der Waals surface area contributed by atoms with Crippen LogP contribution >= 0.6 is 0 Å². The molecule has 128 valence electrons. The van der Waals surface area contributed by atoms with Crippen LogP contribution in [0.5, 0.6) is 5.75 Å². The lowest BCUT2D eigenvalue weighted by molar-refractivity contribution is 0.0924. The van der Waals surface area contributed by atoms with Crippen molar-refractivity contribution in [2.75, 3.05) is 6.61 Å². The van der Waals surface area contributed by atoms with Crippen molar-refractivity contribution in [2.45, 2.75) is 26.4 Å². The molecule has 1 atom stereocenters. The minimum atomic E-state index is -0.275. The number of nitrogens with zero attached hydrogens (tertiary/aromatic N) is 4. The summed E-state index contributed by atoms with van der Waals surface area (Å²) in [6, 6.07) is 9.31. The van der Waals surface area contributed by atoms with Crippen molar-refractivity contribution in [1.29, 1.82) is 0 Å². The number of rotatable bonds is 4. The summed E-state index contributed by atoms with van der Waals surface area (Å²) in [5, 5.41) is 14.9. The Hall–Kier alpha value is -3.16. The predicted molar refractivity (Wildman–Crippen MR) is 87.2 cm³/mol. The quantitative estimate of drug-likeness (QED) is 0.779. The molecule has 2 aromatic heterocycles. The first-order chi connectivity index (χ1) is 12.1. The van der Waals surface area contributed by atoms with Crippen LogP contribution in [0.25, 0.3) is 0 Å². The fourth-order valence-corrected chi connectivity index (χ4v) is 2.87. The van der Waals surface area contributed by atoms with Gasteiger partial charge in [0, 0.05) is 11.6 Å². The van der Waals surface area contributed by atoms with Crippen LogP contribution in [0, 0.1) is 13.8 Å². The Morgan fingerprint density at radius 1 is 1.36 bits per heavy atom. The Kier molecular flexibility index (Phi) is 3.72. The molecule has 4 rings (SSSR count). The number of ether oxygens (including phenoxy) is 1. The molecule has 8 nitrogen and oxygen atoms in total. The van der Waals surface area contributed by atoms with Gasteiger partial charge in [0.05, 0.1) is 17.4 Å². The van der Waals surface area contributed by atoms with E-state index in [4.69, 9.17) is 9.26 Å². The summed E-state index contributed by atoms with van der Waals surface area (Å²) in [6.07, 6.45) is 0. The molecule has 1 aliphatic rings. The van der Waals surface area contributed by atoms with E-state index in [1.54, 1.807) is 11.6 Å². The van der Waals surface area contributed by atoms with E-state index in [1.807, 2.05) is 37.3 Å². The smallest absolute Gasteiger partial charge is 0.274 e. The molecule has 0 aliphatic carbocycles. The van der Waals surface area contributed by atoms with Crippen LogP contribution in [0.2, 0.25) is 0 Å². The van der Waals surface area contributed by atoms with Crippen molar-refractivity contribution in [3.8, 4) is 5.75 Å². The predicted octanol–water partition coefficient (Wildman–Crippen LogP) is 1.79. The van der Waals surface area contributed by atoms with Crippen LogP contribution in [-0.2, 0) is 6.54 Å². The molecule has 1 aliphatic heterocycles. The number of carbonyl (C=O) groups excluding carboxylic acids is 1. The zero-order valence-electron chi connectivity index (χ0n) is 13.9. The minimum absolute atomic E-state index is 0.190.